The number of aromatic nitrogens is 2. The number of hydrogen-bond acceptors (Lipinski definition) is 4. The number of benzene rings is 2. The summed E-state index contributed by atoms with van der Waals surface area (Å²) in [6.45, 7) is 0. The van der Waals surface area contributed by atoms with E-state index in [1.165, 1.54) is 0 Å². The molecule has 92 valence electrons. The van der Waals surface area contributed by atoms with E-state index in [9.17, 15) is 0 Å². The Morgan fingerprint density at radius 2 is 2.11 bits per heavy atom. The molecule has 0 fully saturated rings. The van der Waals surface area contributed by atoms with Crippen molar-refractivity contribution in [3.63, 3.8) is 0 Å². The molecule has 3 aromatic rings. The molecule has 0 amide bonds. The van der Waals surface area contributed by atoms with Crippen LogP contribution in [0.5, 0.6) is 0 Å². The maximum atomic E-state index is 8.90. The van der Waals surface area contributed by atoms with Gasteiger partial charge in [0.25, 0.3) is 0 Å². The van der Waals surface area contributed by atoms with Crippen molar-refractivity contribution in [2.24, 2.45) is 0 Å². The van der Waals surface area contributed by atoms with Gasteiger partial charge in [0.2, 0.25) is 0 Å². The quantitative estimate of drug-likeness (QED) is 0.609. The minimum atomic E-state index is 0.569. The van der Waals surface area contributed by atoms with Gasteiger partial charge in [0.05, 0.1) is 40.4 Å². The number of imidazole rings is 1. The van der Waals surface area contributed by atoms with Gasteiger partial charge >= 0.3 is 0 Å². The van der Waals surface area contributed by atoms with Crippen LogP contribution in [0.1, 0.15) is 5.56 Å². The standard InChI is InChI=1S/C14H11N5/c15-7-9-1-3-11(16)13(5-9)19-10-2-4-12-14(6-10)18-8-17-12/h1-6,8,19H,16H2,(H,17,18). The fraction of sp³-hybridized carbons (Fsp3) is 0. The van der Waals surface area contributed by atoms with Crippen molar-refractivity contribution >= 4 is 28.1 Å². The largest absolute Gasteiger partial charge is 0.397 e. The lowest BCUT2D eigenvalue weighted by atomic mass is 10.2. The minimum absolute atomic E-state index is 0.569. The van der Waals surface area contributed by atoms with E-state index in [-0.39, 0.29) is 0 Å². The van der Waals surface area contributed by atoms with Crippen LogP contribution in [0.4, 0.5) is 17.1 Å². The molecule has 0 spiro atoms. The van der Waals surface area contributed by atoms with E-state index in [4.69, 9.17) is 11.0 Å². The Bertz CT molecular complexity index is 782. The molecule has 5 heteroatoms. The second-order valence-electron chi connectivity index (χ2n) is 4.17. The van der Waals surface area contributed by atoms with E-state index >= 15 is 0 Å². The molecule has 4 N–H and O–H groups in total. The number of anilines is 3. The zero-order valence-corrected chi connectivity index (χ0v) is 10.0. The van der Waals surface area contributed by atoms with Crippen LogP contribution in [-0.4, -0.2) is 9.97 Å². The van der Waals surface area contributed by atoms with Gasteiger partial charge in [0.1, 0.15) is 0 Å². The number of nitrogens with two attached hydrogens (primary N) is 1. The Kier molecular flexibility index (Phi) is 2.54. The van der Waals surface area contributed by atoms with Gasteiger partial charge in [0.15, 0.2) is 0 Å². The van der Waals surface area contributed by atoms with E-state index in [0.717, 1.165) is 22.4 Å². The van der Waals surface area contributed by atoms with Crippen LogP contribution in [0.25, 0.3) is 11.0 Å². The SMILES string of the molecule is N#Cc1ccc(N)c(Nc2ccc3nc[nH]c3c2)c1. The number of rotatable bonds is 2. The van der Waals surface area contributed by atoms with E-state index in [0.29, 0.717) is 11.3 Å². The second-order valence-corrected chi connectivity index (χ2v) is 4.17. The minimum Gasteiger partial charge on any atom is -0.397 e. The summed E-state index contributed by atoms with van der Waals surface area (Å²) in [5, 5.41) is 12.1. The number of fused-ring (bicyclic) bond motifs is 1. The van der Waals surface area contributed by atoms with Crippen LogP contribution < -0.4 is 11.1 Å². The van der Waals surface area contributed by atoms with Crippen LogP contribution in [0, 0.1) is 11.3 Å². The Morgan fingerprint density at radius 1 is 1.21 bits per heavy atom. The summed E-state index contributed by atoms with van der Waals surface area (Å²) in [6.07, 6.45) is 1.65. The van der Waals surface area contributed by atoms with Crippen molar-refractivity contribution in [1.82, 2.24) is 9.97 Å². The van der Waals surface area contributed by atoms with Crippen molar-refractivity contribution in [3.05, 3.63) is 48.3 Å². The molecule has 0 aliphatic heterocycles. The topological polar surface area (TPSA) is 90.5 Å². The van der Waals surface area contributed by atoms with Gasteiger partial charge in [-0.05, 0) is 36.4 Å². The molecule has 0 aliphatic rings. The summed E-state index contributed by atoms with van der Waals surface area (Å²) in [7, 11) is 0. The lowest BCUT2D eigenvalue weighted by molar-refractivity contribution is 1.34. The summed E-state index contributed by atoms with van der Waals surface area (Å²) in [5.74, 6) is 0. The van der Waals surface area contributed by atoms with Crippen molar-refractivity contribution in [2.45, 2.75) is 0 Å². The van der Waals surface area contributed by atoms with Crippen molar-refractivity contribution in [1.29, 1.82) is 5.26 Å². The Labute approximate surface area is 109 Å². The lowest BCUT2D eigenvalue weighted by Crippen LogP contribution is -1.96. The molecule has 1 heterocycles. The van der Waals surface area contributed by atoms with Crippen LogP contribution in [0.15, 0.2) is 42.7 Å². The first-order valence-electron chi connectivity index (χ1n) is 5.76. The molecule has 2 aromatic carbocycles. The summed E-state index contributed by atoms with van der Waals surface area (Å²) < 4.78 is 0. The number of nitriles is 1. The fourth-order valence-corrected chi connectivity index (χ4v) is 1.90. The molecule has 0 saturated heterocycles. The monoisotopic (exact) mass is 249 g/mol. The molecule has 3 rings (SSSR count). The van der Waals surface area contributed by atoms with E-state index in [1.807, 2.05) is 18.2 Å². The Balaban J connectivity index is 1.98. The highest BCUT2D eigenvalue weighted by Gasteiger charge is 2.03. The molecule has 0 radical (unpaired) electrons. The summed E-state index contributed by atoms with van der Waals surface area (Å²) in [4.78, 5) is 7.21. The lowest BCUT2D eigenvalue weighted by Gasteiger charge is -2.09. The van der Waals surface area contributed by atoms with E-state index in [2.05, 4.69) is 21.4 Å². The maximum absolute atomic E-state index is 8.90. The average Bonchev–Trinajstić information content (AvgIpc) is 2.89. The number of H-pyrrole nitrogens is 1. The molecule has 0 bridgehead atoms. The highest BCUT2D eigenvalue weighted by Crippen LogP contribution is 2.25. The third kappa shape index (κ3) is 2.07. The van der Waals surface area contributed by atoms with Gasteiger partial charge in [0, 0.05) is 5.69 Å². The van der Waals surface area contributed by atoms with Crippen molar-refractivity contribution < 1.29 is 0 Å². The number of nitrogens with one attached hydrogen (secondary N) is 2. The number of hydrogen-bond donors (Lipinski definition) is 3. The predicted molar refractivity (Wildman–Crippen MR) is 74.9 cm³/mol. The van der Waals surface area contributed by atoms with Gasteiger partial charge in [-0.1, -0.05) is 0 Å². The van der Waals surface area contributed by atoms with Crippen LogP contribution >= 0.6 is 0 Å². The van der Waals surface area contributed by atoms with Crippen LogP contribution in [0.3, 0.4) is 0 Å². The van der Waals surface area contributed by atoms with E-state index in [1.54, 1.807) is 24.5 Å². The smallest absolute Gasteiger partial charge is 0.0992 e. The summed E-state index contributed by atoms with van der Waals surface area (Å²) in [5.41, 5.74) is 10.5. The zero-order chi connectivity index (χ0) is 13.2. The molecule has 1 aromatic heterocycles. The molecule has 0 aliphatic carbocycles. The number of nitrogen functional groups attached to an aromatic ring is 1. The molecular formula is C14H11N5. The molecular weight excluding hydrogens is 238 g/mol. The van der Waals surface area contributed by atoms with Gasteiger partial charge in [-0.15, -0.1) is 0 Å². The second kappa shape index (κ2) is 4.35. The zero-order valence-electron chi connectivity index (χ0n) is 10.0. The maximum Gasteiger partial charge on any atom is 0.0992 e. The Morgan fingerprint density at radius 3 is 2.95 bits per heavy atom. The first kappa shape index (κ1) is 11.1. The molecule has 0 saturated carbocycles. The van der Waals surface area contributed by atoms with Gasteiger partial charge in [-0.3, -0.25) is 0 Å². The van der Waals surface area contributed by atoms with Crippen LogP contribution in [-0.2, 0) is 0 Å². The molecule has 19 heavy (non-hydrogen) atoms. The number of aromatic amines is 1. The third-order valence-electron chi connectivity index (χ3n) is 2.88. The van der Waals surface area contributed by atoms with Crippen molar-refractivity contribution in [3.8, 4) is 6.07 Å². The first-order valence-corrected chi connectivity index (χ1v) is 5.76. The molecule has 0 atom stereocenters. The molecule has 5 nitrogen and oxygen atoms in total. The average molecular weight is 249 g/mol. The Hall–Kier alpha value is -3.00. The van der Waals surface area contributed by atoms with Crippen LogP contribution in [0.2, 0.25) is 0 Å². The highest BCUT2D eigenvalue weighted by atomic mass is 14.9. The number of nitrogens with zero attached hydrogens (tertiary/aromatic N) is 2. The molecule has 0 unspecified atom stereocenters. The first-order chi connectivity index (χ1) is 9.26. The third-order valence-corrected chi connectivity index (χ3v) is 2.88. The fourth-order valence-electron chi connectivity index (χ4n) is 1.90. The van der Waals surface area contributed by atoms with Gasteiger partial charge in [-0.2, -0.15) is 5.26 Å². The van der Waals surface area contributed by atoms with E-state index < -0.39 is 0 Å². The summed E-state index contributed by atoms with van der Waals surface area (Å²) >= 11 is 0. The van der Waals surface area contributed by atoms with Crippen molar-refractivity contribution in [2.75, 3.05) is 11.1 Å². The normalized spacial score (nSPS) is 10.3. The predicted octanol–water partition coefficient (Wildman–Crippen LogP) is 2.76. The highest BCUT2D eigenvalue weighted by molar-refractivity contribution is 5.82. The van der Waals surface area contributed by atoms with Gasteiger partial charge in [-0.25, -0.2) is 4.98 Å². The summed E-state index contributed by atoms with van der Waals surface area (Å²) in [6, 6.07) is 13.0. The van der Waals surface area contributed by atoms with Gasteiger partial charge < -0.3 is 16.0 Å².